The van der Waals surface area contributed by atoms with Gasteiger partial charge in [0.15, 0.2) is 0 Å². The summed E-state index contributed by atoms with van der Waals surface area (Å²) in [5, 5.41) is 0. The van der Waals surface area contributed by atoms with Crippen molar-refractivity contribution in [3.8, 4) is 5.75 Å². The molecule has 0 saturated heterocycles. The molecular formula is C15H24O3. The van der Waals surface area contributed by atoms with Crippen LogP contribution in [0.25, 0.3) is 0 Å². The van der Waals surface area contributed by atoms with Crippen molar-refractivity contribution in [3.63, 3.8) is 0 Å². The summed E-state index contributed by atoms with van der Waals surface area (Å²) in [6.07, 6.45) is 0.930. The highest BCUT2D eigenvalue weighted by molar-refractivity contribution is 5.28. The number of methoxy groups -OCH3 is 1. The third-order valence-corrected chi connectivity index (χ3v) is 2.68. The number of hydrogen-bond acceptors (Lipinski definition) is 3. The molecule has 0 amide bonds. The lowest BCUT2D eigenvalue weighted by Gasteiger charge is -2.09. The van der Waals surface area contributed by atoms with Gasteiger partial charge in [0.1, 0.15) is 12.4 Å². The van der Waals surface area contributed by atoms with Crippen molar-refractivity contribution in [1.82, 2.24) is 0 Å². The van der Waals surface area contributed by atoms with E-state index in [4.69, 9.17) is 14.2 Å². The first-order chi connectivity index (χ1) is 8.74. The minimum atomic E-state index is 0.558. The Hall–Kier alpha value is -1.06. The Morgan fingerprint density at radius 2 is 1.67 bits per heavy atom. The van der Waals surface area contributed by atoms with Crippen molar-refractivity contribution >= 4 is 0 Å². The van der Waals surface area contributed by atoms with Gasteiger partial charge in [-0.1, -0.05) is 26.0 Å². The second-order valence-electron chi connectivity index (χ2n) is 4.53. The van der Waals surface area contributed by atoms with Crippen LogP contribution in [-0.4, -0.2) is 33.5 Å². The second kappa shape index (κ2) is 8.95. The van der Waals surface area contributed by atoms with E-state index in [-0.39, 0.29) is 0 Å². The molecule has 0 aliphatic carbocycles. The van der Waals surface area contributed by atoms with Gasteiger partial charge in [-0.25, -0.2) is 0 Å². The standard InChI is InChI=1S/C15H24O3/c1-13(2)14-5-7-15(8-6-14)18-12-11-17-10-4-9-16-3/h5-8,13H,4,9-12H2,1-3H3. The highest BCUT2D eigenvalue weighted by Crippen LogP contribution is 2.18. The Kier molecular flexibility index (Phi) is 7.46. The van der Waals surface area contributed by atoms with Crippen LogP contribution in [-0.2, 0) is 9.47 Å². The lowest BCUT2D eigenvalue weighted by molar-refractivity contribution is 0.0806. The first kappa shape index (κ1) is 15.0. The Bertz CT molecular complexity index is 306. The molecular weight excluding hydrogens is 228 g/mol. The zero-order chi connectivity index (χ0) is 13.2. The SMILES string of the molecule is COCCCOCCOc1ccc(C(C)C)cc1. The quantitative estimate of drug-likeness (QED) is 0.631. The molecule has 1 rings (SSSR count). The molecule has 0 unspecified atom stereocenters. The molecule has 0 fully saturated rings. The fraction of sp³-hybridized carbons (Fsp3) is 0.600. The van der Waals surface area contributed by atoms with Gasteiger partial charge in [0.25, 0.3) is 0 Å². The predicted molar refractivity (Wildman–Crippen MR) is 73.3 cm³/mol. The summed E-state index contributed by atoms with van der Waals surface area (Å²) in [6.45, 7) is 7.05. The third-order valence-electron chi connectivity index (χ3n) is 2.68. The molecule has 18 heavy (non-hydrogen) atoms. The zero-order valence-electron chi connectivity index (χ0n) is 11.6. The lowest BCUT2D eigenvalue weighted by Crippen LogP contribution is -2.08. The molecule has 0 bridgehead atoms. The lowest BCUT2D eigenvalue weighted by atomic mass is 10.0. The van der Waals surface area contributed by atoms with Crippen LogP contribution >= 0.6 is 0 Å². The minimum absolute atomic E-state index is 0.558. The fourth-order valence-electron chi connectivity index (χ4n) is 1.57. The first-order valence-electron chi connectivity index (χ1n) is 6.53. The number of rotatable bonds is 9. The largest absolute Gasteiger partial charge is 0.491 e. The van der Waals surface area contributed by atoms with E-state index < -0.39 is 0 Å². The summed E-state index contributed by atoms with van der Waals surface area (Å²) in [7, 11) is 1.70. The topological polar surface area (TPSA) is 27.7 Å². The fourth-order valence-corrected chi connectivity index (χ4v) is 1.57. The number of ether oxygens (including phenoxy) is 3. The molecule has 0 aromatic heterocycles. The van der Waals surface area contributed by atoms with Gasteiger partial charge in [0.2, 0.25) is 0 Å². The molecule has 0 atom stereocenters. The average molecular weight is 252 g/mol. The number of hydrogen-bond donors (Lipinski definition) is 0. The van der Waals surface area contributed by atoms with Gasteiger partial charge in [0.05, 0.1) is 6.61 Å². The highest BCUT2D eigenvalue weighted by atomic mass is 16.5. The van der Waals surface area contributed by atoms with Crippen LogP contribution in [0.4, 0.5) is 0 Å². The van der Waals surface area contributed by atoms with Crippen molar-refractivity contribution in [2.45, 2.75) is 26.2 Å². The summed E-state index contributed by atoms with van der Waals surface area (Å²) in [6, 6.07) is 8.25. The smallest absolute Gasteiger partial charge is 0.119 e. The maximum Gasteiger partial charge on any atom is 0.119 e. The van der Waals surface area contributed by atoms with Crippen molar-refractivity contribution in [3.05, 3.63) is 29.8 Å². The molecule has 0 aliphatic heterocycles. The van der Waals surface area contributed by atoms with E-state index >= 15 is 0 Å². The summed E-state index contributed by atoms with van der Waals surface area (Å²) >= 11 is 0. The molecule has 102 valence electrons. The maximum absolute atomic E-state index is 5.59. The molecule has 0 saturated carbocycles. The normalized spacial score (nSPS) is 10.9. The van der Waals surface area contributed by atoms with Gasteiger partial charge in [-0.3, -0.25) is 0 Å². The van der Waals surface area contributed by atoms with Crippen LogP contribution in [0, 0.1) is 0 Å². The first-order valence-corrected chi connectivity index (χ1v) is 6.53. The molecule has 0 N–H and O–H groups in total. The maximum atomic E-state index is 5.59. The van der Waals surface area contributed by atoms with Crippen molar-refractivity contribution in [2.75, 3.05) is 33.5 Å². The zero-order valence-corrected chi connectivity index (χ0v) is 11.6. The molecule has 1 aromatic carbocycles. The summed E-state index contributed by atoms with van der Waals surface area (Å²) in [4.78, 5) is 0. The summed E-state index contributed by atoms with van der Waals surface area (Å²) in [5.74, 6) is 1.46. The van der Waals surface area contributed by atoms with Gasteiger partial charge in [0, 0.05) is 20.3 Å². The Morgan fingerprint density at radius 3 is 2.28 bits per heavy atom. The van der Waals surface area contributed by atoms with Crippen molar-refractivity contribution < 1.29 is 14.2 Å². The van der Waals surface area contributed by atoms with E-state index in [1.54, 1.807) is 7.11 Å². The van der Waals surface area contributed by atoms with E-state index in [2.05, 4.69) is 26.0 Å². The third kappa shape index (κ3) is 6.03. The van der Waals surface area contributed by atoms with Crippen molar-refractivity contribution in [1.29, 1.82) is 0 Å². The van der Waals surface area contributed by atoms with Crippen molar-refractivity contribution in [2.24, 2.45) is 0 Å². The molecule has 3 heteroatoms. The van der Waals surface area contributed by atoms with Crippen LogP contribution in [0.3, 0.4) is 0 Å². The highest BCUT2D eigenvalue weighted by Gasteiger charge is 1.99. The average Bonchev–Trinajstić information content (AvgIpc) is 2.38. The minimum Gasteiger partial charge on any atom is -0.491 e. The van der Waals surface area contributed by atoms with E-state index in [1.807, 2.05) is 12.1 Å². The van der Waals surface area contributed by atoms with Gasteiger partial charge in [-0.05, 0) is 30.0 Å². The van der Waals surface area contributed by atoms with Gasteiger partial charge >= 0.3 is 0 Å². The molecule has 3 nitrogen and oxygen atoms in total. The van der Waals surface area contributed by atoms with E-state index in [1.165, 1.54) is 5.56 Å². The molecule has 0 spiro atoms. The molecule has 0 radical (unpaired) electrons. The Balaban J connectivity index is 2.12. The molecule has 0 heterocycles. The van der Waals surface area contributed by atoms with Crippen LogP contribution < -0.4 is 4.74 Å². The Morgan fingerprint density at radius 1 is 0.944 bits per heavy atom. The second-order valence-corrected chi connectivity index (χ2v) is 4.53. The van der Waals surface area contributed by atoms with Gasteiger partial charge in [-0.15, -0.1) is 0 Å². The van der Waals surface area contributed by atoms with Crippen LogP contribution in [0.1, 0.15) is 31.7 Å². The van der Waals surface area contributed by atoms with Gasteiger partial charge < -0.3 is 14.2 Å². The van der Waals surface area contributed by atoms with Gasteiger partial charge in [-0.2, -0.15) is 0 Å². The predicted octanol–water partition coefficient (Wildman–Crippen LogP) is 3.24. The Labute approximate surface area is 110 Å². The molecule has 0 aliphatic rings. The van der Waals surface area contributed by atoms with Crippen LogP contribution in [0.2, 0.25) is 0 Å². The van der Waals surface area contributed by atoms with E-state index in [0.29, 0.717) is 19.1 Å². The van der Waals surface area contributed by atoms with E-state index in [9.17, 15) is 0 Å². The summed E-state index contributed by atoms with van der Waals surface area (Å²) < 4.78 is 15.9. The summed E-state index contributed by atoms with van der Waals surface area (Å²) in [5.41, 5.74) is 1.33. The van der Waals surface area contributed by atoms with Crippen LogP contribution in [0.5, 0.6) is 5.75 Å². The monoisotopic (exact) mass is 252 g/mol. The number of benzene rings is 1. The van der Waals surface area contributed by atoms with Crippen LogP contribution in [0.15, 0.2) is 24.3 Å². The van der Waals surface area contributed by atoms with E-state index in [0.717, 1.165) is 25.4 Å². The molecule has 1 aromatic rings.